The van der Waals surface area contributed by atoms with Crippen molar-refractivity contribution in [1.82, 2.24) is 0 Å². The minimum absolute atomic E-state index is 0.170. The van der Waals surface area contributed by atoms with E-state index in [1.807, 2.05) is 0 Å². The van der Waals surface area contributed by atoms with Gasteiger partial charge < -0.3 is 0 Å². The van der Waals surface area contributed by atoms with Gasteiger partial charge in [-0.1, -0.05) is 57.2 Å². The lowest BCUT2D eigenvalue weighted by Gasteiger charge is -2.24. The largest absolute Gasteiger partial charge is 0.105 e. The van der Waals surface area contributed by atoms with Crippen LogP contribution in [0.3, 0.4) is 0 Å². The SMILES string of the molecule is Cc1cccc(C)c1-c1cccc(C(C)(C)C)c1P. The second-order valence-electron chi connectivity index (χ2n) is 6.28. The highest BCUT2D eigenvalue weighted by Crippen LogP contribution is 2.31. The van der Waals surface area contributed by atoms with E-state index in [1.54, 1.807) is 0 Å². The predicted octanol–water partition coefficient (Wildman–Crippen LogP) is 4.77. The Hall–Kier alpha value is -1.13. The Balaban J connectivity index is 2.71. The molecule has 1 heteroatoms. The van der Waals surface area contributed by atoms with Crippen molar-refractivity contribution in [2.24, 2.45) is 0 Å². The van der Waals surface area contributed by atoms with Crippen molar-refractivity contribution in [1.29, 1.82) is 0 Å². The quantitative estimate of drug-likeness (QED) is 0.655. The third kappa shape index (κ3) is 2.74. The van der Waals surface area contributed by atoms with E-state index in [2.05, 4.69) is 80.3 Å². The predicted molar refractivity (Wildman–Crippen MR) is 89.4 cm³/mol. The molecule has 0 amide bonds. The zero-order chi connectivity index (χ0) is 14.2. The maximum absolute atomic E-state index is 2.95. The van der Waals surface area contributed by atoms with Crippen LogP contribution in [0.4, 0.5) is 0 Å². The van der Waals surface area contributed by atoms with Crippen LogP contribution in [0.25, 0.3) is 11.1 Å². The fraction of sp³-hybridized carbons (Fsp3) is 0.333. The average Bonchev–Trinajstić information content (AvgIpc) is 2.29. The van der Waals surface area contributed by atoms with Gasteiger partial charge in [-0.05, 0) is 52.4 Å². The summed E-state index contributed by atoms with van der Waals surface area (Å²) in [5.41, 5.74) is 6.97. The summed E-state index contributed by atoms with van der Waals surface area (Å²) < 4.78 is 0. The summed E-state index contributed by atoms with van der Waals surface area (Å²) in [5, 5.41) is 1.33. The lowest BCUT2D eigenvalue weighted by atomic mass is 9.84. The van der Waals surface area contributed by atoms with Gasteiger partial charge >= 0.3 is 0 Å². The van der Waals surface area contributed by atoms with E-state index in [-0.39, 0.29) is 5.41 Å². The number of aryl methyl sites for hydroxylation is 2. The molecule has 0 saturated carbocycles. The van der Waals surface area contributed by atoms with Crippen molar-refractivity contribution in [3.63, 3.8) is 0 Å². The number of rotatable bonds is 1. The van der Waals surface area contributed by atoms with Crippen LogP contribution in [0.1, 0.15) is 37.5 Å². The summed E-state index contributed by atoms with van der Waals surface area (Å²) in [6.07, 6.45) is 0. The Morgan fingerprint density at radius 3 is 1.89 bits per heavy atom. The molecule has 0 saturated heterocycles. The van der Waals surface area contributed by atoms with Gasteiger partial charge in [0.05, 0.1) is 0 Å². The van der Waals surface area contributed by atoms with Gasteiger partial charge in [-0.2, -0.15) is 0 Å². The molecule has 0 radical (unpaired) electrons. The van der Waals surface area contributed by atoms with Gasteiger partial charge in [-0.25, -0.2) is 0 Å². The summed E-state index contributed by atoms with van der Waals surface area (Å²) >= 11 is 0. The molecule has 0 bridgehead atoms. The summed E-state index contributed by atoms with van der Waals surface area (Å²) in [5.74, 6) is 0. The van der Waals surface area contributed by atoms with Crippen LogP contribution in [0.5, 0.6) is 0 Å². The van der Waals surface area contributed by atoms with Crippen molar-refractivity contribution >= 4 is 14.5 Å². The Morgan fingerprint density at radius 2 is 1.37 bits per heavy atom. The van der Waals surface area contributed by atoms with E-state index in [0.29, 0.717) is 0 Å². The minimum atomic E-state index is 0.170. The van der Waals surface area contributed by atoms with E-state index in [1.165, 1.54) is 33.1 Å². The maximum Gasteiger partial charge on any atom is -0.0104 e. The van der Waals surface area contributed by atoms with Crippen molar-refractivity contribution in [3.05, 3.63) is 53.1 Å². The number of benzene rings is 2. The highest BCUT2D eigenvalue weighted by Gasteiger charge is 2.19. The zero-order valence-electron chi connectivity index (χ0n) is 12.5. The lowest BCUT2D eigenvalue weighted by molar-refractivity contribution is 0.594. The Labute approximate surface area is 119 Å². The van der Waals surface area contributed by atoms with Crippen molar-refractivity contribution < 1.29 is 0 Å². The molecule has 0 spiro atoms. The lowest BCUT2D eigenvalue weighted by Crippen LogP contribution is -2.20. The molecule has 0 nitrogen and oxygen atoms in total. The van der Waals surface area contributed by atoms with Gasteiger partial charge in [0.2, 0.25) is 0 Å². The summed E-state index contributed by atoms with van der Waals surface area (Å²) in [6, 6.07) is 13.2. The first kappa shape index (κ1) is 14.3. The van der Waals surface area contributed by atoms with Crippen LogP contribution in [-0.2, 0) is 5.41 Å². The molecule has 0 aromatic heterocycles. The summed E-state index contributed by atoms with van der Waals surface area (Å²) in [4.78, 5) is 0. The molecular weight excluding hydrogens is 247 g/mol. The smallest absolute Gasteiger partial charge is 0.0104 e. The second-order valence-corrected chi connectivity index (χ2v) is 6.86. The molecule has 0 aliphatic rings. The summed E-state index contributed by atoms with van der Waals surface area (Å²) in [7, 11) is 2.95. The molecule has 100 valence electrons. The molecule has 1 unspecified atom stereocenters. The first-order chi connectivity index (χ1) is 8.82. The third-order valence-electron chi connectivity index (χ3n) is 3.66. The molecule has 2 aromatic rings. The van der Waals surface area contributed by atoms with Crippen LogP contribution in [0.2, 0.25) is 0 Å². The molecule has 1 atom stereocenters. The standard InChI is InChI=1S/C18H23P/c1-12-8-6-9-13(2)16(12)14-10-7-11-15(17(14)19)18(3,4)5/h6-11H,19H2,1-5H3. The van der Waals surface area contributed by atoms with Crippen LogP contribution in [0.15, 0.2) is 36.4 Å². The Kier molecular flexibility index (Phi) is 3.83. The van der Waals surface area contributed by atoms with Crippen molar-refractivity contribution in [2.75, 3.05) is 0 Å². The van der Waals surface area contributed by atoms with E-state index in [4.69, 9.17) is 0 Å². The first-order valence-electron chi connectivity index (χ1n) is 6.78. The van der Waals surface area contributed by atoms with Gasteiger partial charge in [0.1, 0.15) is 0 Å². The fourth-order valence-corrected chi connectivity index (χ4v) is 3.45. The normalized spacial score (nSPS) is 11.7. The van der Waals surface area contributed by atoms with Gasteiger partial charge in [-0.15, -0.1) is 9.24 Å². The third-order valence-corrected chi connectivity index (χ3v) is 4.29. The fourth-order valence-electron chi connectivity index (χ4n) is 2.68. The van der Waals surface area contributed by atoms with Crippen LogP contribution in [-0.4, -0.2) is 0 Å². The molecule has 2 aromatic carbocycles. The molecule has 0 aliphatic carbocycles. The molecule has 19 heavy (non-hydrogen) atoms. The summed E-state index contributed by atoms with van der Waals surface area (Å²) in [6.45, 7) is 11.2. The van der Waals surface area contributed by atoms with E-state index < -0.39 is 0 Å². The van der Waals surface area contributed by atoms with E-state index in [0.717, 1.165) is 0 Å². The highest BCUT2D eigenvalue weighted by atomic mass is 31.0. The molecule has 0 aliphatic heterocycles. The number of hydrogen-bond acceptors (Lipinski definition) is 0. The van der Waals surface area contributed by atoms with Crippen LogP contribution >= 0.6 is 9.24 Å². The highest BCUT2D eigenvalue weighted by molar-refractivity contribution is 7.28. The molecule has 0 N–H and O–H groups in total. The minimum Gasteiger partial charge on any atom is -0.105 e. The zero-order valence-corrected chi connectivity index (χ0v) is 13.7. The monoisotopic (exact) mass is 270 g/mol. The maximum atomic E-state index is 2.95. The van der Waals surface area contributed by atoms with Gasteiger partial charge in [0.15, 0.2) is 0 Å². The molecular formula is C18H23P. The molecule has 2 rings (SSSR count). The second kappa shape index (κ2) is 5.10. The van der Waals surface area contributed by atoms with E-state index in [9.17, 15) is 0 Å². The Morgan fingerprint density at radius 1 is 0.842 bits per heavy atom. The topological polar surface area (TPSA) is 0 Å². The molecule has 0 fully saturated rings. The average molecular weight is 270 g/mol. The Bertz CT molecular complexity index is 583. The van der Waals surface area contributed by atoms with Crippen LogP contribution in [0, 0.1) is 13.8 Å². The number of hydrogen-bond donors (Lipinski definition) is 0. The first-order valence-corrected chi connectivity index (χ1v) is 7.35. The van der Waals surface area contributed by atoms with Gasteiger partial charge in [0.25, 0.3) is 0 Å². The molecule has 0 heterocycles. The van der Waals surface area contributed by atoms with Crippen molar-refractivity contribution in [3.8, 4) is 11.1 Å². The van der Waals surface area contributed by atoms with Gasteiger partial charge in [-0.3, -0.25) is 0 Å². The van der Waals surface area contributed by atoms with Crippen molar-refractivity contribution in [2.45, 2.75) is 40.0 Å². The van der Waals surface area contributed by atoms with Crippen LogP contribution < -0.4 is 5.30 Å². The van der Waals surface area contributed by atoms with Gasteiger partial charge in [0, 0.05) is 0 Å². The van der Waals surface area contributed by atoms with E-state index >= 15 is 0 Å².